The van der Waals surface area contributed by atoms with Gasteiger partial charge < -0.3 is 14.5 Å². The molecule has 0 spiro atoms. The minimum atomic E-state index is -0.426. The number of halogens is 1. The van der Waals surface area contributed by atoms with Crippen LogP contribution in [0.5, 0.6) is 5.75 Å². The summed E-state index contributed by atoms with van der Waals surface area (Å²) in [6, 6.07) is 6.22. The summed E-state index contributed by atoms with van der Waals surface area (Å²) in [6.07, 6.45) is 1.72. The molecule has 0 radical (unpaired) electrons. The van der Waals surface area contributed by atoms with Crippen LogP contribution in [-0.2, 0) is 17.9 Å². The van der Waals surface area contributed by atoms with Gasteiger partial charge in [-0.3, -0.25) is 9.36 Å². The number of amides is 1. The number of carbonyl (C=O) groups excluding carboxylic acids is 1. The molecule has 1 aromatic heterocycles. The standard InChI is InChI=1S/C19H24FN5O2S/c1-3-8-25-17(13-27-16-7-5-4-6-15(16)20)21-22-19(25)28-14-18(26)24-11-9-23(2)10-12-24/h3-7H,1,8-14H2,2H3. The van der Waals surface area contributed by atoms with E-state index in [4.69, 9.17) is 4.74 Å². The number of rotatable bonds is 8. The second kappa shape index (κ2) is 9.70. The third kappa shape index (κ3) is 5.11. The zero-order chi connectivity index (χ0) is 19.9. The molecule has 28 heavy (non-hydrogen) atoms. The number of benzene rings is 1. The zero-order valence-electron chi connectivity index (χ0n) is 15.9. The fourth-order valence-electron chi connectivity index (χ4n) is 2.82. The summed E-state index contributed by atoms with van der Waals surface area (Å²) in [6.45, 7) is 7.59. The van der Waals surface area contributed by atoms with Gasteiger partial charge in [0.25, 0.3) is 0 Å². The Balaban J connectivity index is 1.61. The lowest BCUT2D eigenvalue weighted by atomic mass is 10.3. The van der Waals surface area contributed by atoms with Gasteiger partial charge in [0.1, 0.15) is 6.61 Å². The predicted molar refractivity (Wildman–Crippen MR) is 106 cm³/mol. The van der Waals surface area contributed by atoms with E-state index in [-0.39, 0.29) is 18.3 Å². The highest BCUT2D eigenvalue weighted by Gasteiger charge is 2.20. The van der Waals surface area contributed by atoms with Crippen LogP contribution >= 0.6 is 11.8 Å². The number of thioether (sulfide) groups is 1. The summed E-state index contributed by atoms with van der Waals surface area (Å²) in [5, 5.41) is 8.94. The molecule has 3 rings (SSSR count). The fourth-order valence-corrected chi connectivity index (χ4v) is 3.69. The third-order valence-electron chi connectivity index (χ3n) is 4.48. The van der Waals surface area contributed by atoms with Crippen LogP contribution in [0.3, 0.4) is 0 Å². The molecule has 2 heterocycles. The molecule has 0 N–H and O–H groups in total. The van der Waals surface area contributed by atoms with Gasteiger partial charge in [-0.2, -0.15) is 0 Å². The smallest absolute Gasteiger partial charge is 0.233 e. The highest BCUT2D eigenvalue weighted by Crippen LogP contribution is 2.21. The number of nitrogens with zero attached hydrogens (tertiary/aromatic N) is 5. The first-order valence-electron chi connectivity index (χ1n) is 9.08. The average Bonchev–Trinajstić information content (AvgIpc) is 3.08. The molecule has 0 saturated carbocycles. The van der Waals surface area contributed by atoms with Gasteiger partial charge in [0.2, 0.25) is 5.91 Å². The van der Waals surface area contributed by atoms with E-state index in [2.05, 4.69) is 28.7 Å². The fraction of sp³-hybridized carbons (Fsp3) is 0.421. The Morgan fingerprint density at radius 1 is 1.29 bits per heavy atom. The quantitative estimate of drug-likeness (QED) is 0.495. The van der Waals surface area contributed by atoms with Crippen molar-refractivity contribution in [3.63, 3.8) is 0 Å². The number of aromatic nitrogens is 3. The molecule has 150 valence electrons. The van der Waals surface area contributed by atoms with Crippen molar-refractivity contribution in [3.05, 3.63) is 48.6 Å². The van der Waals surface area contributed by atoms with Gasteiger partial charge in [0.05, 0.1) is 5.75 Å². The minimum Gasteiger partial charge on any atom is -0.483 e. The van der Waals surface area contributed by atoms with Gasteiger partial charge in [0.15, 0.2) is 22.5 Å². The third-order valence-corrected chi connectivity index (χ3v) is 5.43. The molecule has 0 aliphatic carbocycles. The number of carbonyl (C=O) groups is 1. The van der Waals surface area contributed by atoms with E-state index in [1.54, 1.807) is 24.3 Å². The van der Waals surface area contributed by atoms with Crippen LogP contribution < -0.4 is 4.74 Å². The highest BCUT2D eigenvalue weighted by molar-refractivity contribution is 7.99. The normalized spacial score (nSPS) is 14.9. The van der Waals surface area contributed by atoms with Crippen LogP contribution in [0.4, 0.5) is 4.39 Å². The molecule has 2 aromatic rings. The summed E-state index contributed by atoms with van der Waals surface area (Å²) in [5.74, 6) is 0.681. The molecule has 1 amide bonds. The first-order valence-corrected chi connectivity index (χ1v) is 10.1. The Kier molecular flexibility index (Phi) is 7.05. The molecular weight excluding hydrogens is 381 g/mol. The maximum atomic E-state index is 13.7. The van der Waals surface area contributed by atoms with Crippen molar-refractivity contribution in [3.8, 4) is 5.75 Å². The topological polar surface area (TPSA) is 63.5 Å². The van der Waals surface area contributed by atoms with Crippen LogP contribution in [0.15, 0.2) is 42.1 Å². The van der Waals surface area contributed by atoms with E-state index in [1.165, 1.54) is 17.8 Å². The van der Waals surface area contributed by atoms with Crippen LogP contribution in [-0.4, -0.2) is 69.5 Å². The summed E-state index contributed by atoms with van der Waals surface area (Å²) in [5.41, 5.74) is 0. The second-order valence-corrected chi connectivity index (χ2v) is 7.43. The summed E-state index contributed by atoms with van der Waals surface area (Å²) < 4.78 is 21.1. The Bertz CT molecular complexity index is 820. The molecule has 9 heteroatoms. The number of hydrogen-bond acceptors (Lipinski definition) is 6. The average molecular weight is 405 g/mol. The molecule has 0 bridgehead atoms. The molecule has 1 aliphatic heterocycles. The maximum Gasteiger partial charge on any atom is 0.233 e. The molecule has 0 atom stereocenters. The van der Waals surface area contributed by atoms with E-state index in [9.17, 15) is 9.18 Å². The van der Waals surface area contributed by atoms with Crippen LogP contribution in [0, 0.1) is 5.82 Å². The van der Waals surface area contributed by atoms with E-state index in [1.807, 2.05) is 9.47 Å². The zero-order valence-corrected chi connectivity index (χ0v) is 16.7. The van der Waals surface area contributed by atoms with Crippen molar-refractivity contribution in [2.75, 3.05) is 39.0 Å². The van der Waals surface area contributed by atoms with Crippen molar-refractivity contribution in [2.45, 2.75) is 18.3 Å². The number of piperazine rings is 1. The van der Waals surface area contributed by atoms with Gasteiger partial charge in [-0.15, -0.1) is 16.8 Å². The van der Waals surface area contributed by atoms with E-state index >= 15 is 0 Å². The molecule has 1 aliphatic rings. The van der Waals surface area contributed by atoms with E-state index in [0.29, 0.717) is 23.3 Å². The monoisotopic (exact) mass is 405 g/mol. The molecule has 1 aromatic carbocycles. The van der Waals surface area contributed by atoms with Gasteiger partial charge in [0, 0.05) is 32.7 Å². The Morgan fingerprint density at radius 3 is 2.75 bits per heavy atom. The summed E-state index contributed by atoms with van der Waals surface area (Å²) in [4.78, 5) is 16.5. The van der Waals surface area contributed by atoms with Crippen LogP contribution in [0.2, 0.25) is 0 Å². The number of hydrogen-bond donors (Lipinski definition) is 0. The number of para-hydroxylation sites is 1. The Labute approximate surface area is 168 Å². The predicted octanol–water partition coefficient (Wildman–Crippen LogP) is 2.05. The molecule has 1 saturated heterocycles. The SMILES string of the molecule is C=CCn1c(COc2ccccc2F)nnc1SCC(=O)N1CCN(C)CC1. The van der Waals surface area contributed by atoms with Gasteiger partial charge in [-0.1, -0.05) is 30.0 Å². The largest absolute Gasteiger partial charge is 0.483 e. The second-order valence-electron chi connectivity index (χ2n) is 6.49. The number of likely N-dealkylation sites (N-methyl/N-ethyl adjacent to an activating group) is 1. The minimum absolute atomic E-state index is 0.0781. The maximum absolute atomic E-state index is 13.7. The molecule has 1 fully saturated rings. The van der Waals surface area contributed by atoms with Crippen molar-refractivity contribution >= 4 is 17.7 Å². The lowest BCUT2D eigenvalue weighted by Crippen LogP contribution is -2.47. The number of ether oxygens (including phenoxy) is 1. The summed E-state index contributed by atoms with van der Waals surface area (Å²) in [7, 11) is 2.05. The highest BCUT2D eigenvalue weighted by atomic mass is 32.2. The first-order chi connectivity index (χ1) is 13.6. The Morgan fingerprint density at radius 2 is 2.04 bits per heavy atom. The van der Waals surface area contributed by atoms with Crippen molar-refractivity contribution in [1.82, 2.24) is 24.6 Å². The lowest BCUT2D eigenvalue weighted by Gasteiger charge is -2.32. The lowest BCUT2D eigenvalue weighted by molar-refractivity contribution is -0.129. The molecule has 0 unspecified atom stereocenters. The Hall–Kier alpha value is -2.39. The van der Waals surface area contributed by atoms with E-state index < -0.39 is 5.82 Å². The van der Waals surface area contributed by atoms with Crippen molar-refractivity contribution in [2.24, 2.45) is 0 Å². The number of allylic oxidation sites excluding steroid dienone is 1. The van der Waals surface area contributed by atoms with Crippen LogP contribution in [0.1, 0.15) is 5.82 Å². The van der Waals surface area contributed by atoms with E-state index in [0.717, 1.165) is 26.2 Å². The van der Waals surface area contributed by atoms with Crippen LogP contribution in [0.25, 0.3) is 0 Å². The van der Waals surface area contributed by atoms with Gasteiger partial charge >= 0.3 is 0 Å². The van der Waals surface area contributed by atoms with Crippen molar-refractivity contribution < 1.29 is 13.9 Å². The van der Waals surface area contributed by atoms with Crippen molar-refractivity contribution in [1.29, 1.82) is 0 Å². The van der Waals surface area contributed by atoms with Gasteiger partial charge in [-0.05, 0) is 19.2 Å². The molecular formula is C19H24FN5O2S. The molecule has 7 nitrogen and oxygen atoms in total. The van der Waals surface area contributed by atoms with Gasteiger partial charge in [-0.25, -0.2) is 4.39 Å². The summed E-state index contributed by atoms with van der Waals surface area (Å²) >= 11 is 1.34. The first kappa shape index (κ1) is 20.3.